The fraction of sp³-hybridized carbons (Fsp3) is 0.500. The highest BCUT2D eigenvalue weighted by molar-refractivity contribution is 7.91. The van der Waals surface area contributed by atoms with E-state index in [0.29, 0.717) is 13.0 Å². The van der Waals surface area contributed by atoms with Crippen molar-refractivity contribution in [3.63, 3.8) is 0 Å². The van der Waals surface area contributed by atoms with Crippen LogP contribution >= 0.6 is 0 Å². The summed E-state index contributed by atoms with van der Waals surface area (Å²) in [7, 11) is -3.02. The van der Waals surface area contributed by atoms with Crippen molar-refractivity contribution in [2.75, 3.05) is 11.5 Å². The SMILES string of the molecule is CCCCn1c(O)c(N=NC(=O)C[C@H]2CCS(=O)(=O)C2)c2ccccc21. The van der Waals surface area contributed by atoms with Crippen molar-refractivity contribution in [2.24, 2.45) is 16.1 Å². The Bertz CT molecular complexity index is 947. The van der Waals surface area contributed by atoms with Gasteiger partial charge in [0.05, 0.1) is 17.0 Å². The fourth-order valence-electron chi connectivity index (χ4n) is 3.34. The van der Waals surface area contributed by atoms with E-state index < -0.39 is 15.7 Å². The molecule has 0 aliphatic carbocycles. The number of para-hydroxylation sites is 1. The van der Waals surface area contributed by atoms with Crippen LogP contribution in [0.15, 0.2) is 34.5 Å². The van der Waals surface area contributed by atoms with Gasteiger partial charge in [0.15, 0.2) is 15.5 Å². The highest BCUT2D eigenvalue weighted by atomic mass is 32.2. The molecule has 0 spiro atoms. The fourth-order valence-corrected chi connectivity index (χ4v) is 5.20. The van der Waals surface area contributed by atoms with E-state index in [4.69, 9.17) is 0 Å². The average molecular weight is 377 g/mol. The maximum Gasteiger partial charge on any atom is 0.265 e. The third-order valence-corrected chi connectivity index (χ3v) is 6.54. The number of unbranched alkanes of at least 4 members (excludes halogenated alkanes) is 1. The topological polar surface area (TPSA) is 101 Å². The van der Waals surface area contributed by atoms with E-state index in [9.17, 15) is 18.3 Å². The van der Waals surface area contributed by atoms with Gasteiger partial charge in [0.2, 0.25) is 5.88 Å². The summed E-state index contributed by atoms with van der Waals surface area (Å²) < 4.78 is 24.7. The zero-order valence-electron chi connectivity index (χ0n) is 14.8. The average Bonchev–Trinajstić information content (AvgIpc) is 3.07. The number of sulfone groups is 1. The molecule has 1 aromatic carbocycles. The second-order valence-corrected chi connectivity index (χ2v) is 8.99. The number of azo groups is 1. The van der Waals surface area contributed by atoms with Crippen molar-refractivity contribution in [3.8, 4) is 5.88 Å². The van der Waals surface area contributed by atoms with Crippen LogP contribution < -0.4 is 0 Å². The lowest BCUT2D eigenvalue weighted by atomic mass is 10.1. The van der Waals surface area contributed by atoms with Gasteiger partial charge in [-0.15, -0.1) is 10.2 Å². The summed E-state index contributed by atoms with van der Waals surface area (Å²) in [6, 6.07) is 7.46. The Morgan fingerprint density at radius 3 is 2.81 bits per heavy atom. The number of hydrogen-bond donors (Lipinski definition) is 1. The molecule has 2 heterocycles. The Kier molecular flexibility index (Phi) is 5.41. The molecule has 1 amide bonds. The summed E-state index contributed by atoms with van der Waals surface area (Å²) in [4.78, 5) is 12.1. The molecule has 1 aliphatic heterocycles. The Morgan fingerprint density at radius 1 is 1.35 bits per heavy atom. The summed E-state index contributed by atoms with van der Waals surface area (Å²) in [6.07, 6.45) is 2.46. The second-order valence-electron chi connectivity index (χ2n) is 6.76. The summed E-state index contributed by atoms with van der Waals surface area (Å²) >= 11 is 0. The van der Waals surface area contributed by atoms with E-state index in [-0.39, 0.29) is 35.4 Å². The first-order valence-electron chi connectivity index (χ1n) is 8.86. The molecule has 1 atom stereocenters. The van der Waals surface area contributed by atoms with Gasteiger partial charge >= 0.3 is 0 Å². The van der Waals surface area contributed by atoms with E-state index in [1.54, 1.807) is 4.57 Å². The number of carbonyl (C=O) groups is 1. The summed E-state index contributed by atoms with van der Waals surface area (Å²) in [6.45, 7) is 2.73. The third kappa shape index (κ3) is 3.95. The van der Waals surface area contributed by atoms with Crippen LogP contribution in [-0.4, -0.2) is 35.5 Å². The zero-order valence-corrected chi connectivity index (χ0v) is 15.6. The minimum absolute atomic E-state index is 0.000329. The van der Waals surface area contributed by atoms with Gasteiger partial charge in [-0.3, -0.25) is 4.79 Å². The van der Waals surface area contributed by atoms with E-state index in [1.165, 1.54) is 0 Å². The lowest BCUT2D eigenvalue weighted by Crippen LogP contribution is -2.08. The number of carbonyl (C=O) groups excluding carboxylic acids is 1. The van der Waals surface area contributed by atoms with Crippen molar-refractivity contribution in [1.82, 2.24) is 4.57 Å². The van der Waals surface area contributed by atoms with Crippen LogP contribution in [0, 0.1) is 5.92 Å². The van der Waals surface area contributed by atoms with Crippen LogP contribution in [0.1, 0.15) is 32.6 Å². The van der Waals surface area contributed by atoms with E-state index in [2.05, 4.69) is 17.2 Å². The number of aromatic hydroxyl groups is 1. The first-order valence-corrected chi connectivity index (χ1v) is 10.7. The molecule has 7 nitrogen and oxygen atoms in total. The lowest BCUT2D eigenvalue weighted by Gasteiger charge is -2.05. The lowest BCUT2D eigenvalue weighted by molar-refractivity contribution is -0.119. The Balaban J connectivity index is 1.80. The van der Waals surface area contributed by atoms with Crippen LogP contribution in [0.3, 0.4) is 0 Å². The van der Waals surface area contributed by atoms with Gasteiger partial charge in [0.1, 0.15) is 0 Å². The smallest absolute Gasteiger partial charge is 0.265 e. The zero-order chi connectivity index (χ0) is 18.7. The predicted molar refractivity (Wildman–Crippen MR) is 99.4 cm³/mol. The van der Waals surface area contributed by atoms with Crippen LogP contribution in [0.4, 0.5) is 5.69 Å². The number of aromatic nitrogens is 1. The van der Waals surface area contributed by atoms with Gasteiger partial charge in [-0.05, 0) is 24.8 Å². The molecular weight excluding hydrogens is 354 g/mol. The largest absolute Gasteiger partial charge is 0.493 e. The Labute approximate surface area is 152 Å². The van der Waals surface area contributed by atoms with Crippen molar-refractivity contribution in [3.05, 3.63) is 24.3 Å². The number of amides is 1. The Hall–Kier alpha value is -2.22. The second kappa shape index (κ2) is 7.57. The maximum atomic E-state index is 12.1. The number of nitrogens with zero attached hydrogens (tertiary/aromatic N) is 3. The van der Waals surface area contributed by atoms with Crippen molar-refractivity contribution in [1.29, 1.82) is 0 Å². The first-order chi connectivity index (χ1) is 12.4. The van der Waals surface area contributed by atoms with Crippen LogP contribution in [-0.2, 0) is 21.2 Å². The summed E-state index contributed by atoms with van der Waals surface area (Å²) in [5.41, 5.74) is 1.13. The predicted octanol–water partition coefficient (Wildman–Crippen LogP) is 3.58. The number of fused-ring (bicyclic) bond motifs is 1. The van der Waals surface area contributed by atoms with E-state index >= 15 is 0 Å². The molecule has 1 saturated heterocycles. The molecule has 1 N–H and O–H groups in total. The minimum Gasteiger partial charge on any atom is -0.493 e. The number of hydrogen-bond acceptors (Lipinski definition) is 5. The van der Waals surface area contributed by atoms with Gasteiger partial charge in [-0.2, -0.15) is 0 Å². The van der Waals surface area contributed by atoms with Gasteiger partial charge < -0.3 is 9.67 Å². The van der Waals surface area contributed by atoms with Gasteiger partial charge in [-0.1, -0.05) is 31.5 Å². The summed E-state index contributed by atoms with van der Waals surface area (Å²) in [5, 5.41) is 19.0. The molecule has 1 fully saturated rings. The number of aryl methyl sites for hydroxylation is 1. The third-order valence-electron chi connectivity index (χ3n) is 4.70. The van der Waals surface area contributed by atoms with Gasteiger partial charge in [-0.25, -0.2) is 8.42 Å². The molecule has 26 heavy (non-hydrogen) atoms. The maximum absolute atomic E-state index is 12.1. The highest BCUT2D eigenvalue weighted by Gasteiger charge is 2.29. The quantitative estimate of drug-likeness (QED) is 0.777. The first kappa shape index (κ1) is 18.6. The molecule has 1 aromatic heterocycles. The van der Waals surface area contributed by atoms with Gasteiger partial charge in [0, 0.05) is 18.4 Å². The molecule has 2 aromatic rings. The standard InChI is InChI=1S/C18H23N3O4S/c1-2-3-9-21-15-7-5-4-6-14(15)17(18(21)23)20-19-16(22)11-13-8-10-26(24,25)12-13/h4-7,13,23H,2-3,8-12H2,1H3/t13-/m1/s1. The van der Waals surface area contributed by atoms with Crippen molar-refractivity contribution < 1.29 is 18.3 Å². The van der Waals surface area contributed by atoms with E-state index in [1.807, 2.05) is 24.3 Å². The molecule has 3 rings (SSSR count). The van der Waals surface area contributed by atoms with E-state index in [0.717, 1.165) is 23.7 Å². The molecule has 140 valence electrons. The van der Waals surface area contributed by atoms with Crippen molar-refractivity contribution >= 4 is 32.3 Å². The number of rotatable bonds is 6. The summed E-state index contributed by atoms with van der Waals surface area (Å²) in [5.74, 6) is -0.480. The molecular formula is C18H23N3O4S. The molecule has 0 radical (unpaired) electrons. The molecule has 1 aliphatic rings. The molecule has 8 heteroatoms. The molecule has 0 bridgehead atoms. The van der Waals surface area contributed by atoms with Crippen LogP contribution in [0.2, 0.25) is 0 Å². The molecule has 0 saturated carbocycles. The van der Waals surface area contributed by atoms with Crippen LogP contribution in [0.25, 0.3) is 10.9 Å². The molecule has 0 unspecified atom stereocenters. The minimum atomic E-state index is -3.02. The Morgan fingerprint density at radius 2 is 2.12 bits per heavy atom. The number of benzene rings is 1. The monoisotopic (exact) mass is 377 g/mol. The highest BCUT2D eigenvalue weighted by Crippen LogP contribution is 2.39. The normalized spacial score (nSPS) is 19.5. The van der Waals surface area contributed by atoms with Crippen LogP contribution in [0.5, 0.6) is 5.88 Å². The van der Waals surface area contributed by atoms with Crippen molar-refractivity contribution in [2.45, 2.75) is 39.2 Å². The van der Waals surface area contributed by atoms with Gasteiger partial charge in [0.25, 0.3) is 5.91 Å².